The van der Waals surface area contributed by atoms with Crippen LogP contribution < -0.4 is 25.4 Å². The first kappa shape index (κ1) is 20.7. The van der Waals surface area contributed by atoms with Crippen LogP contribution in [0.5, 0.6) is 11.5 Å². The molecule has 10 nitrogen and oxygen atoms in total. The second-order valence-electron chi connectivity index (χ2n) is 6.58. The number of hydrogen-bond donors (Lipinski definition) is 3. The van der Waals surface area contributed by atoms with E-state index < -0.39 is 6.03 Å². The van der Waals surface area contributed by atoms with Gasteiger partial charge >= 0.3 is 6.03 Å². The Hall–Kier alpha value is -4.60. The van der Waals surface area contributed by atoms with Crippen molar-refractivity contribution in [1.82, 2.24) is 19.5 Å². The second-order valence-corrected chi connectivity index (χ2v) is 6.58. The van der Waals surface area contributed by atoms with Crippen LogP contribution in [0.3, 0.4) is 0 Å². The number of rotatable bonds is 7. The number of hydrogen-bond acceptors (Lipinski definition) is 7. The van der Waals surface area contributed by atoms with E-state index >= 15 is 0 Å². The summed E-state index contributed by atoms with van der Waals surface area (Å²) in [6.07, 6.45) is 6.63. The summed E-state index contributed by atoms with van der Waals surface area (Å²) in [6, 6.07) is 13.8. The molecule has 2 aromatic heterocycles. The molecule has 0 unspecified atom stereocenters. The number of imidazole rings is 1. The lowest BCUT2D eigenvalue weighted by Crippen LogP contribution is -2.19. The Balaban J connectivity index is 1.39. The first-order chi connectivity index (χ1) is 15.6. The number of carbonyl (C=O) groups is 1. The molecule has 0 bridgehead atoms. The second kappa shape index (κ2) is 9.47. The zero-order valence-corrected chi connectivity index (χ0v) is 17.4. The van der Waals surface area contributed by atoms with Crippen LogP contribution in [0, 0.1) is 0 Å². The minimum Gasteiger partial charge on any atom is -0.497 e. The van der Waals surface area contributed by atoms with Crippen molar-refractivity contribution in [3.8, 4) is 17.3 Å². The molecule has 4 aromatic rings. The van der Waals surface area contributed by atoms with E-state index in [0.717, 1.165) is 5.69 Å². The predicted molar refractivity (Wildman–Crippen MR) is 121 cm³/mol. The molecule has 32 heavy (non-hydrogen) atoms. The highest BCUT2D eigenvalue weighted by Crippen LogP contribution is 2.29. The average molecular weight is 431 g/mol. The molecule has 0 aliphatic rings. The number of benzene rings is 2. The smallest absolute Gasteiger partial charge is 0.323 e. The molecule has 0 fully saturated rings. The third-order valence-corrected chi connectivity index (χ3v) is 4.49. The monoisotopic (exact) mass is 431 g/mol. The number of anilines is 4. The van der Waals surface area contributed by atoms with E-state index in [1.165, 1.54) is 13.4 Å². The number of nitrogens with zero attached hydrogens (tertiary/aromatic N) is 4. The minimum atomic E-state index is -0.405. The Labute approximate surface area is 184 Å². The molecule has 4 rings (SSSR count). The molecular formula is C22H21N7O3. The molecule has 0 radical (unpaired) electrons. The van der Waals surface area contributed by atoms with Gasteiger partial charge in [-0.3, -0.25) is 4.57 Å². The third kappa shape index (κ3) is 4.93. The highest BCUT2D eigenvalue weighted by atomic mass is 16.5. The molecule has 2 aromatic carbocycles. The number of amides is 2. The van der Waals surface area contributed by atoms with Crippen molar-refractivity contribution in [2.45, 2.75) is 0 Å². The van der Waals surface area contributed by atoms with Crippen molar-refractivity contribution in [1.29, 1.82) is 0 Å². The lowest BCUT2D eigenvalue weighted by molar-refractivity contribution is 0.262. The van der Waals surface area contributed by atoms with Crippen LogP contribution in [0.1, 0.15) is 0 Å². The van der Waals surface area contributed by atoms with Crippen molar-refractivity contribution in [3.63, 3.8) is 0 Å². The van der Waals surface area contributed by atoms with Gasteiger partial charge in [-0.2, -0.15) is 0 Å². The summed E-state index contributed by atoms with van der Waals surface area (Å²) in [4.78, 5) is 24.9. The largest absolute Gasteiger partial charge is 0.497 e. The van der Waals surface area contributed by atoms with Gasteiger partial charge in [-0.1, -0.05) is 0 Å². The van der Waals surface area contributed by atoms with E-state index in [4.69, 9.17) is 9.47 Å². The van der Waals surface area contributed by atoms with E-state index in [-0.39, 0.29) is 0 Å². The van der Waals surface area contributed by atoms with E-state index in [1.54, 1.807) is 60.7 Å². The van der Waals surface area contributed by atoms with Crippen molar-refractivity contribution < 1.29 is 14.3 Å². The SMILES string of the molecule is COc1ccc(OC)c(NC(=O)Nc2ccc(Nc3cc(-n4ccnc4)ncn3)cc2)c1. The van der Waals surface area contributed by atoms with Gasteiger partial charge in [0.2, 0.25) is 0 Å². The van der Waals surface area contributed by atoms with Gasteiger partial charge in [0.15, 0.2) is 0 Å². The molecule has 2 amide bonds. The molecule has 0 aliphatic heterocycles. The fourth-order valence-electron chi connectivity index (χ4n) is 2.93. The van der Waals surface area contributed by atoms with Crippen LogP contribution in [0.25, 0.3) is 5.82 Å². The molecular weight excluding hydrogens is 410 g/mol. The molecule has 162 valence electrons. The standard InChI is InChI=1S/C22H21N7O3/c1-31-17-7-8-19(32-2)18(11-17)28-22(30)27-16-5-3-15(4-6-16)26-20-12-21(25-13-24-20)29-10-9-23-14-29/h3-14H,1-2H3,(H,24,25,26)(H2,27,28,30). The van der Waals surface area contributed by atoms with Crippen molar-refractivity contribution in [3.05, 3.63) is 73.6 Å². The zero-order chi connectivity index (χ0) is 22.3. The van der Waals surface area contributed by atoms with E-state index in [0.29, 0.717) is 34.5 Å². The highest BCUT2D eigenvalue weighted by molar-refractivity contribution is 6.00. The van der Waals surface area contributed by atoms with Gasteiger partial charge in [0, 0.05) is 35.9 Å². The van der Waals surface area contributed by atoms with Crippen molar-refractivity contribution in [2.75, 3.05) is 30.2 Å². The molecule has 10 heteroatoms. The highest BCUT2D eigenvalue weighted by Gasteiger charge is 2.09. The maximum atomic E-state index is 12.4. The third-order valence-electron chi connectivity index (χ3n) is 4.49. The van der Waals surface area contributed by atoms with Gasteiger partial charge < -0.3 is 25.4 Å². The number of urea groups is 1. The summed E-state index contributed by atoms with van der Waals surface area (Å²) in [5, 5.41) is 8.76. The number of carbonyl (C=O) groups excluding carboxylic acids is 1. The number of methoxy groups -OCH3 is 2. The van der Waals surface area contributed by atoms with Crippen molar-refractivity contribution in [2.24, 2.45) is 0 Å². The Morgan fingerprint density at radius 2 is 1.75 bits per heavy atom. The van der Waals surface area contributed by atoms with E-state index in [9.17, 15) is 4.79 Å². The first-order valence-electron chi connectivity index (χ1n) is 9.62. The zero-order valence-electron chi connectivity index (χ0n) is 17.4. The van der Waals surface area contributed by atoms with Gasteiger partial charge in [0.05, 0.1) is 19.9 Å². The number of nitrogens with one attached hydrogen (secondary N) is 3. The Morgan fingerprint density at radius 3 is 2.47 bits per heavy atom. The fraction of sp³-hybridized carbons (Fsp3) is 0.0909. The van der Waals surface area contributed by atoms with E-state index in [1.807, 2.05) is 18.2 Å². The lowest BCUT2D eigenvalue weighted by Gasteiger charge is -2.13. The summed E-state index contributed by atoms with van der Waals surface area (Å²) < 4.78 is 12.3. The molecule has 0 saturated heterocycles. The summed E-state index contributed by atoms with van der Waals surface area (Å²) in [5.41, 5.74) is 1.93. The van der Waals surface area contributed by atoms with Gasteiger partial charge in [-0.15, -0.1) is 0 Å². The first-order valence-corrected chi connectivity index (χ1v) is 9.62. The lowest BCUT2D eigenvalue weighted by atomic mass is 10.2. The number of aromatic nitrogens is 4. The maximum absolute atomic E-state index is 12.4. The Morgan fingerprint density at radius 1 is 0.938 bits per heavy atom. The van der Waals surface area contributed by atoms with Gasteiger partial charge in [0.1, 0.15) is 35.8 Å². The van der Waals surface area contributed by atoms with E-state index in [2.05, 4.69) is 30.9 Å². The summed E-state index contributed by atoms with van der Waals surface area (Å²) in [6.45, 7) is 0. The fourth-order valence-corrected chi connectivity index (χ4v) is 2.93. The minimum absolute atomic E-state index is 0.405. The molecule has 0 saturated carbocycles. The van der Waals surface area contributed by atoms with Crippen LogP contribution in [0.2, 0.25) is 0 Å². The normalized spacial score (nSPS) is 10.3. The molecule has 3 N–H and O–H groups in total. The summed E-state index contributed by atoms with van der Waals surface area (Å²) >= 11 is 0. The van der Waals surface area contributed by atoms with Crippen LogP contribution in [0.15, 0.2) is 73.6 Å². The Bertz CT molecular complexity index is 1190. The maximum Gasteiger partial charge on any atom is 0.323 e. The van der Waals surface area contributed by atoms with Crippen LogP contribution in [0.4, 0.5) is 27.7 Å². The van der Waals surface area contributed by atoms with Crippen molar-refractivity contribution >= 4 is 28.9 Å². The Kier molecular flexibility index (Phi) is 6.12. The summed E-state index contributed by atoms with van der Waals surface area (Å²) in [7, 11) is 3.09. The van der Waals surface area contributed by atoms with Gasteiger partial charge in [0.25, 0.3) is 0 Å². The summed E-state index contributed by atoms with van der Waals surface area (Å²) in [5.74, 6) is 2.47. The van der Waals surface area contributed by atoms with Crippen LogP contribution in [-0.4, -0.2) is 39.8 Å². The average Bonchev–Trinajstić information content (AvgIpc) is 3.35. The van der Waals surface area contributed by atoms with Crippen LogP contribution in [-0.2, 0) is 0 Å². The van der Waals surface area contributed by atoms with Gasteiger partial charge in [-0.05, 0) is 36.4 Å². The number of ether oxygens (including phenoxy) is 2. The quantitative estimate of drug-likeness (QED) is 0.404. The molecule has 0 aliphatic carbocycles. The predicted octanol–water partition coefficient (Wildman–Crippen LogP) is 4.07. The van der Waals surface area contributed by atoms with Crippen LogP contribution >= 0.6 is 0 Å². The van der Waals surface area contributed by atoms with Gasteiger partial charge in [-0.25, -0.2) is 19.7 Å². The molecule has 2 heterocycles. The molecule has 0 atom stereocenters. The molecule has 0 spiro atoms. The topological polar surface area (TPSA) is 115 Å².